The van der Waals surface area contributed by atoms with Gasteiger partial charge in [0, 0.05) is 96.4 Å². The molecular formula is C46H62N10O2S. The molecular weight excluding hydrogens is 757 g/mol. The van der Waals surface area contributed by atoms with Gasteiger partial charge >= 0.3 is 0 Å². The zero-order valence-corrected chi connectivity index (χ0v) is 34.2. The number of hydrogen-bond donors (Lipinski definition) is 3. The van der Waals surface area contributed by atoms with Crippen LogP contribution in [0.5, 0.6) is 0 Å². The normalized spacial score (nSPS) is 19.5. The molecule has 7 aromatic rings. The molecule has 2 saturated carbocycles. The van der Waals surface area contributed by atoms with Gasteiger partial charge in [0.15, 0.2) is 5.65 Å². The molecule has 6 aromatic heterocycles. The second-order valence-corrected chi connectivity index (χ2v) is 17.5. The summed E-state index contributed by atoms with van der Waals surface area (Å²) in [4.78, 5) is 12.9. The quantitative estimate of drug-likeness (QED) is 0.124. The lowest BCUT2D eigenvalue weighted by Crippen LogP contribution is -2.32. The van der Waals surface area contributed by atoms with Crippen LogP contribution in [-0.2, 0) is 24.1 Å². The Balaban J connectivity index is 0.000000201. The highest BCUT2D eigenvalue weighted by Crippen LogP contribution is 2.38. The first-order valence-corrected chi connectivity index (χ1v) is 21.9. The second-order valence-electron chi connectivity index (χ2n) is 15.7. The Labute approximate surface area is 349 Å². The van der Waals surface area contributed by atoms with Crippen LogP contribution in [0.3, 0.4) is 0 Å². The zero-order chi connectivity index (χ0) is 39.5. The van der Waals surface area contributed by atoms with Gasteiger partial charge in [-0.15, -0.1) is 0 Å². The van der Waals surface area contributed by atoms with Crippen molar-refractivity contribution < 1.29 is 8.42 Å². The number of hydrogen-bond acceptors (Lipinski definition) is 8. The Bertz CT molecular complexity index is 2540. The third kappa shape index (κ3) is 9.22. The largest absolute Gasteiger partial charge is 0.346 e. The smallest absolute Gasteiger partial charge is 0.269 e. The number of aromatic amines is 1. The van der Waals surface area contributed by atoms with E-state index in [9.17, 15) is 8.42 Å². The number of H-pyrrole nitrogens is 1. The number of nitrogens with zero attached hydrogens (tertiary/aromatic N) is 7. The maximum Gasteiger partial charge on any atom is 0.269 e. The topological polar surface area (TPSA) is 140 Å². The summed E-state index contributed by atoms with van der Waals surface area (Å²) >= 11 is 0. The van der Waals surface area contributed by atoms with E-state index in [1.165, 1.54) is 51.7 Å². The van der Waals surface area contributed by atoms with Crippen LogP contribution in [0.2, 0.25) is 0 Å². The Hall–Kier alpha value is -5.11. The molecule has 2 aliphatic rings. The van der Waals surface area contributed by atoms with Crippen LogP contribution in [-0.4, -0.2) is 72.1 Å². The summed E-state index contributed by atoms with van der Waals surface area (Å²) in [5.74, 6) is 1.07. The van der Waals surface area contributed by atoms with Crippen LogP contribution in [0, 0.1) is 0 Å². The molecule has 0 radical (unpaired) electrons. The van der Waals surface area contributed by atoms with Crippen molar-refractivity contribution in [2.75, 3.05) is 13.1 Å². The van der Waals surface area contributed by atoms with Gasteiger partial charge in [-0.25, -0.2) is 22.4 Å². The highest BCUT2D eigenvalue weighted by molar-refractivity contribution is 7.90. The van der Waals surface area contributed by atoms with Crippen molar-refractivity contribution in [3.63, 3.8) is 0 Å². The molecule has 0 spiro atoms. The average molecular weight is 819 g/mol. The van der Waals surface area contributed by atoms with Crippen molar-refractivity contribution in [2.24, 2.45) is 14.1 Å². The molecule has 0 atom stereocenters. The third-order valence-electron chi connectivity index (χ3n) is 11.9. The molecule has 0 amide bonds. The molecule has 13 heteroatoms. The molecule has 0 bridgehead atoms. The van der Waals surface area contributed by atoms with E-state index in [2.05, 4.69) is 69.2 Å². The molecule has 12 nitrogen and oxygen atoms in total. The number of benzene rings is 1. The molecule has 1 aromatic carbocycles. The van der Waals surface area contributed by atoms with Gasteiger partial charge < -0.3 is 15.6 Å². The Kier molecular flexibility index (Phi) is 13.9. The summed E-state index contributed by atoms with van der Waals surface area (Å²) in [5.41, 5.74) is 7.99. The van der Waals surface area contributed by atoms with E-state index in [1.54, 1.807) is 41.3 Å². The van der Waals surface area contributed by atoms with Crippen molar-refractivity contribution in [2.45, 2.75) is 109 Å². The van der Waals surface area contributed by atoms with Gasteiger partial charge in [0.05, 0.1) is 17.3 Å². The van der Waals surface area contributed by atoms with Gasteiger partial charge in [0.2, 0.25) is 0 Å². The number of nitrogens with one attached hydrogen (secondary N) is 3. The SMILES string of the molecule is C.C.CCNC1CCC(c2cnc3[nH]cc(-c4cnn(C)c4)c3c2)CC1.CCNC1CCC(c2cnc3c(c2)c(-c2cnn(C)c2)cn3S(=O)(=O)c2ccccc2)CC1. The fraction of sp³-hybridized carbons (Fsp3) is 0.435. The van der Waals surface area contributed by atoms with Crippen molar-refractivity contribution in [1.82, 2.24) is 49.1 Å². The van der Waals surface area contributed by atoms with E-state index in [4.69, 9.17) is 4.98 Å². The molecule has 314 valence electrons. The minimum Gasteiger partial charge on any atom is -0.346 e. The average Bonchev–Trinajstić information content (AvgIpc) is 4.05. The summed E-state index contributed by atoms with van der Waals surface area (Å²) in [5, 5.41) is 17.8. The van der Waals surface area contributed by atoms with Gasteiger partial charge in [-0.05, 0) is 112 Å². The summed E-state index contributed by atoms with van der Waals surface area (Å²) in [6, 6.07) is 14.3. The van der Waals surface area contributed by atoms with Crippen LogP contribution < -0.4 is 10.6 Å². The summed E-state index contributed by atoms with van der Waals surface area (Å²) in [7, 11) is 0.0276. The van der Waals surface area contributed by atoms with E-state index in [-0.39, 0.29) is 19.7 Å². The van der Waals surface area contributed by atoms with Crippen LogP contribution >= 0.6 is 0 Å². The zero-order valence-electron chi connectivity index (χ0n) is 33.4. The lowest BCUT2D eigenvalue weighted by Gasteiger charge is -2.29. The van der Waals surface area contributed by atoms with Gasteiger partial charge in [-0.2, -0.15) is 10.2 Å². The highest BCUT2D eigenvalue weighted by atomic mass is 32.2. The van der Waals surface area contributed by atoms with Crippen molar-refractivity contribution in [3.05, 3.63) is 103 Å². The van der Waals surface area contributed by atoms with Gasteiger partial charge in [-0.1, -0.05) is 46.9 Å². The van der Waals surface area contributed by atoms with E-state index < -0.39 is 10.0 Å². The Morgan fingerprint density at radius 2 is 1.20 bits per heavy atom. The van der Waals surface area contributed by atoms with Crippen LogP contribution in [0.25, 0.3) is 44.3 Å². The second kappa shape index (κ2) is 18.9. The Morgan fingerprint density at radius 1 is 0.678 bits per heavy atom. The molecule has 0 unspecified atom stereocenters. The van der Waals surface area contributed by atoms with Crippen LogP contribution in [0.4, 0.5) is 0 Å². The van der Waals surface area contributed by atoms with Crippen molar-refractivity contribution in [1.29, 1.82) is 0 Å². The Morgan fingerprint density at radius 3 is 1.73 bits per heavy atom. The molecule has 59 heavy (non-hydrogen) atoms. The molecule has 9 rings (SSSR count). The maximum absolute atomic E-state index is 13.5. The molecule has 2 fully saturated rings. The lowest BCUT2D eigenvalue weighted by molar-refractivity contribution is 0.347. The van der Waals surface area contributed by atoms with Crippen molar-refractivity contribution in [3.8, 4) is 22.3 Å². The first-order chi connectivity index (χ1) is 27.7. The fourth-order valence-corrected chi connectivity index (χ4v) is 10.2. The van der Waals surface area contributed by atoms with Gasteiger partial charge in [0.25, 0.3) is 10.0 Å². The molecule has 6 heterocycles. The predicted octanol–water partition coefficient (Wildman–Crippen LogP) is 9.18. The number of aromatic nitrogens is 8. The van der Waals surface area contributed by atoms with E-state index in [0.29, 0.717) is 29.6 Å². The van der Waals surface area contributed by atoms with Crippen LogP contribution in [0.15, 0.2) is 96.9 Å². The predicted molar refractivity (Wildman–Crippen MR) is 240 cm³/mol. The molecule has 2 aliphatic carbocycles. The molecule has 0 aliphatic heterocycles. The fourth-order valence-electron chi connectivity index (χ4n) is 8.88. The van der Waals surface area contributed by atoms with E-state index in [1.807, 2.05) is 49.6 Å². The van der Waals surface area contributed by atoms with E-state index in [0.717, 1.165) is 66.5 Å². The molecule has 0 saturated heterocycles. The highest BCUT2D eigenvalue weighted by Gasteiger charge is 2.27. The number of aryl methyl sites for hydroxylation is 2. The first kappa shape index (κ1) is 43.5. The van der Waals surface area contributed by atoms with E-state index >= 15 is 0 Å². The minimum absolute atomic E-state index is 0. The summed E-state index contributed by atoms with van der Waals surface area (Å²) in [6.45, 7) is 6.41. The lowest BCUT2D eigenvalue weighted by atomic mass is 9.82. The number of rotatable bonds is 10. The monoisotopic (exact) mass is 818 g/mol. The number of fused-ring (bicyclic) bond motifs is 2. The summed E-state index contributed by atoms with van der Waals surface area (Å²) < 4.78 is 31.8. The minimum atomic E-state index is -3.78. The van der Waals surface area contributed by atoms with Crippen molar-refractivity contribution >= 4 is 32.1 Å². The standard InChI is InChI=1S/C25H29N5O2S.C19H25N5.2CH4/c1-3-26-21-11-9-18(10-12-21)19-13-23-24(20-15-28-29(2)16-20)17-30(25(23)27-14-19)33(31,32)22-7-5-4-6-8-22;1-3-20-16-6-4-13(5-7-16)14-8-17-18(11-22-19(17)21-9-14)15-10-23-24(2)12-15;;/h4-8,13-18,21,26H,3,9-12H2,1-2H3;8-13,16,20H,3-7H2,1-2H3,(H,21,22);2*1H4. The molecule has 3 N–H and O–H groups in total. The third-order valence-corrected chi connectivity index (χ3v) is 13.6. The first-order valence-electron chi connectivity index (χ1n) is 20.4. The van der Waals surface area contributed by atoms with Crippen LogP contribution in [0.1, 0.15) is 103 Å². The summed E-state index contributed by atoms with van der Waals surface area (Å²) in [6.07, 6.45) is 24.8. The van der Waals surface area contributed by atoms with Gasteiger partial charge in [0.1, 0.15) is 5.65 Å². The maximum atomic E-state index is 13.5. The van der Waals surface area contributed by atoms with Gasteiger partial charge in [-0.3, -0.25) is 9.36 Å². The number of pyridine rings is 2.